The smallest absolute Gasteiger partial charge is 0.239 e. The summed E-state index contributed by atoms with van der Waals surface area (Å²) in [5, 5.41) is 5.53. The van der Waals surface area contributed by atoms with Gasteiger partial charge in [-0.1, -0.05) is 0 Å². The summed E-state index contributed by atoms with van der Waals surface area (Å²) in [7, 11) is 1.72. The Morgan fingerprint density at radius 2 is 1.93 bits per heavy atom. The zero-order valence-corrected chi connectivity index (χ0v) is 9.96. The first-order valence-electron chi connectivity index (χ1n) is 5.29. The molecule has 0 aromatic carbocycles. The van der Waals surface area contributed by atoms with Gasteiger partial charge >= 0.3 is 0 Å². The maximum Gasteiger partial charge on any atom is 0.239 e. The quantitative estimate of drug-likeness (QED) is 0.632. The molecule has 5 nitrogen and oxygen atoms in total. The highest BCUT2D eigenvalue weighted by Gasteiger charge is 2.19. The van der Waals surface area contributed by atoms with Gasteiger partial charge < -0.3 is 15.5 Å². The van der Waals surface area contributed by atoms with Crippen molar-refractivity contribution in [1.82, 2.24) is 15.5 Å². The zero-order chi connectivity index (χ0) is 11.8. The van der Waals surface area contributed by atoms with Crippen LogP contribution >= 0.6 is 0 Å². The summed E-state index contributed by atoms with van der Waals surface area (Å²) in [6, 6.07) is -0.251. The van der Waals surface area contributed by atoms with Crippen LogP contribution in [0.4, 0.5) is 0 Å². The molecule has 0 fully saturated rings. The lowest BCUT2D eigenvalue weighted by Gasteiger charge is -2.23. The maximum atomic E-state index is 11.7. The summed E-state index contributed by atoms with van der Waals surface area (Å²) in [4.78, 5) is 24.6. The van der Waals surface area contributed by atoms with E-state index < -0.39 is 0 Å². The van der Waals surface area contributed by atoms with Crippen LogP contribution in [0.5, 0.6) is 0 Å². The molecule has 0 aromatic rings. The maximum absolute atomic E-state index is 11.7. The molecule has 0 radical (unpaired) electrons. The average Bonchev–Trinajstić information content (AvgIpc) is 2.24. The monoisotopic (exact) mass is 215 g/mol. The molecule has 0 aromatic heterocycles. The van der Waals surface area contributed by atoms with E-state index in [0.717, 1.165) is 0 Å². The van der Waals surface area contributed by atoms with Gasteiger partial charge in [0, 0.05) is 13.1 Å². The highest BCUT2D eigenvalue weighted by atomic mass is 16.2. The number of carbonyl (C=O) groups is 2. The number of nitrogens with zero attached hydrogens (tertiary/aromatic N) is 1. The van der Waals surface area contributed by atoms with Crippen LogP contribution in [0, 0.1) is 0 Å². The van der Waals surface area contributed by atoms with Gasteiger partial charge in [-0.25, -0.2) is 0 Å². The van der Waals surface area contributed by atoms with Crippen LogP contribution in [0.2, 0.25) is 0 Å². The van der Waals surface area contributed by atoms with Gasteiger partial charge in [-0.2, -0.15) is 0 Å². The lowest BCUT2D eigenvalue weighted by molar-refractivity contribution is -0.137. The van der Waals surface area contributed by atoms with E-state index >= 15 is 0 Å². The molecule has 0 aliphatic carbocycles. The van der Waals surface area contributed by atoms with E-state index in [1.165, 1.54) is 4.90 Å². The van der Waals surface area contributed by atoms with E-state index in [0.29, 0.717) is 13.1 Å². The Balaban J connectivity index is 4.24. The Labute approximate surface area is 91.2 Å². The van der Waals surface area contributed by atoms with Gasteiger partial charge in [0.15, 0.2) is 0 Å². The molecule has 0 saturated carbocycles. The number of hydrogen-bond donors (Lipinski definition) is 2. The minimum absolute atomic E-state index is 0.0498. The molecular formula is C10H21N3O2. The number of hydrogen-bond acceptors (Lipinski definition) is 3. The molecule has 0 aliphatic rings. The van der Waals surface area contributed by atoms with Crippen LogP contribution in [0.1, 0.15) is 20.8 Å². The molecule has 0 saturated heterocycles. The van der Waals surface area contributed by atoms with Gasteiger partial charge in [-0.15, -0.1) is 0 Å². The SMILES string of the molecule is CCNC(=O)CN(CC)C(=O)C(C)NC. The molecule has 0 spiro atoms. The topological polar surface area (TPSA) is 61.4 Å². The lowest BCUT2D eigenvalue weighted by Crippen LogP contribution is -2.47. The third-order valence-corrected chi connectivity index (χ3v) is 2.21. The molecule has 2 N–H and O–H groups in total. The summed E-state index contributed by atoms with van der Waals surface area (Å²) >= 11 is 0. The fourth-order valence-electron chi connectivity index (χ4n) is 1.17. The normalized spacial score (nSPS) is 12.0. The van der Waals surface area contributed by atoms with Crippen LogP contribution in [0.25, 0.3) is 0 Å². The zero-order valence-electron chi connectivity index (χ0n) is 9.96. The van der Waals surface area contributed by atoms with Crippen molar-refractivity contribution < 1.29 is 9.59 Å². The number of likely N-dealkylation sites (N-methyl/N-ethyl adjacent to an activating group) is 3. The second kappa shape index (κ2) is 7.23. The van der Waals surface area contributed by atoms with Crippen LogP contribution in [-0.2, 0) is 9.59 Å². The van der Waals surface area contributed by atoms with Crippen LogP contribution in [-0.4, -0.2) is 49.4 Å². The molecule has 1 atom stereocenters. The van der Waals surface area contributed by atoms with Crippen molar-refractivity contribution in [2.24, 2.45) is 0 Å². The summed E-state index contributed by atoms with van der Waals surface area (Å²) in [6.07, 6.45) is 0. The van der Waals surface area contributed by atoms with Gasteiger partial charge in [0.2, 0.25) is 11.8 Å². The summed E-state index contributed by atoms with van der Waals surface area (Å²) in [5.41, 5.74) is 0. The number of nitrogens with one attached hydrogen (secondary N) is 2. The summed E-state index contributed by atoms with van der Waals surface area (Å²) in [6.45, 7) is 6.76. The predicted molar refractivity (Wildman–Crippen MR) is 59.5 cm³/mol. The molecule has 5 heteroatoms. The molecule has 0 rings (SSSR count). The predicted octanol–water partition coefficient (Wildman–Crippen LogP) is -0.421. The molecule has 0 aliphatic heterocycles. The van der Waals surface area contributed by atoms with Crippen molar-refractivity contribution in [3.8, 4) is 0 Å². The third-order valence-electron chi connectivity index (χ3n) is 2.21. The third kappa shape index (κ3) is 4.78. The minimum Gasteiger partial charge on any atom is -0.355 e. The standard InChI is InChI=1S/C10H21N3O2/c1-5-12-9(14)7-13(6-2)10(15)8(3)11-4/h8,11H,5-7H2,1-4H3,(H,12,14). The number of amides is 2. The Morgan fingerprint density at radius 3 is 2.33 bits per heavy atom. The Hall–Kier alpha value is -1.10. The molecule has 1 unspecified atom stereocenters. The van der Waals surface area contributed by atoms with Crippen molar-refractivity contribution >= 4 is 11.8 Å². The fraction of sp³-hybridized carbons (Fsp3) is 0.800. The Kier molecular flexibility index (Phi) is 6.70. The molecule has 88 valence electrons. The van der Waals surface area contributed by atoms with Crippen molar-refractivity contribution in [3.63, 3.8) is 0 Å². The van der Waals surface area contributed by atoms with Gasteiger partial charge in [-0.3, -0.25) is 9.59 Å². The van der Waals surface area contributed by atoms with Crippen LogP contribution in [0.3, 0.4) is 0 Å². The van der Waals surface area contributed by atoms with Gasteiger partial charge in [0.05, 0.1) is 12.6 Å². The van der Waals surface area contributed by atoms with Gasteiger partial charge in [0.25, 0.3) is 0 Å². The van der Waals surface area contributed by atoms with E-state index in [1.54, 1.807) is 14.0 Å². The molecule has 2 amide bonds. The molecule has 0 heterocycles. The van der Waals surface area contributed by atoms with E-state index in [1.807, 2.05) is 13.8 Å². The molecule has 0 bridgehead atoms. The summed E-state index contributed by atoms with van der Waals surface area (Å²) in [5.74, 6) is -0.165. The average molecular weight is 215 g/mol. The van der Waals surface area contributed by atoms with E-state index in [9.17, 15) is 9.59 Å². The lowest BCUT2D eigenvalue weighted by atomic mass is 10.3. The largest absolute Gasteiger partial charge is 0.355 e. The second-order valence-corrected chi connectivity index (χ2v) is 3.32. The first-order valence-corrected chi connectivity index (χ1v) is 5.29. The van der Waals surface area contributed by atoms with E-state index in [4.69, 9.17) is 0 Å². The summed E-state index contributed by atoms with van der Waals surface area (Å²) < 4.78 is 0. The molecule has 15 heavy (non-hydrogen) atoms. The highest BCUT2D eigenvalue weighted by Crippen LogP contribution is 1.94. The first-order chi connectivity index (χ1) is 7.06. The van der Waals surface area contributed by atoms with Crippen molar-refractivity contribution in [2.75, 3.05) is 26.7 Å². The van der Waals surface area contributed by atoms with Crippen molar-refractivity contribution in [3.05, 3.63) is 0 Å². The van der Waals surface area contributed by atoms with E-state index in [-0.39, 0.29) is 24.4 Å². The van der Waals surface area contributed by atoms with Crippen molar-refractivity contribution in [1.29, 1.82) is 0 Å². The van der Waals surface area contributed by atoms with Gasteiger partial charge in [-0.05, 0) is 27.8 Å². The number of carbonyl (C=O) groups excluding carboxylic acids is 2. The first kappa shape index (κ1) is 13.9. The van der Waals surface area contributed by atoms with Crippen molar-refractivity contribution in [2.45, 2.75) is 26.8 Å². The minimum atomic E-state index is -0.251. The second-order valence-electron chi connectivity index (χ2n) is 3.32. The highest BCUT2D eigenvalue weighted by molar-refractivity contribution is 5.87. The molecular weight excluding hydrogens is 194 g/mol. The van der Waals surface area contributed by atoms with Crippen LogP contribution < -0.4 is 10.6 Å². The number of rotatable bonds is 6. The van der Waals surface area contributed by atoms with Crippen LogP contribution in [0.15, 0.2) is 0 Å². The van der Waals surface area contributed by atoms with E-state index in [2.05, 4.69) is 10.6 Å². The van der Waals surface area contributed by atoms with Gasteiger partial charge in [0.1, 0.15) is 0 Å². The Morgan fingerprint density at radius 1 is 1.33 bits per heavy atom. The Bertz CT molecular complexity index is 219. The fourth-order valence-corrected chi connectivity index (χ4v) is 1.17.